The zero-order valence-electron chi connectivity index (χ0n) is 8.62. The van der Waals surface area contributed by atoms with E-state index in [4.69, 9.17) is 11.6 Å². The van der Waals surface area contributed by atoms with E-state index in [9.17, 15) is 0 Å². The lowest BCUT2D eigenvalue weighted by molar-refractivity contribution is 0.215. The van der Waals surface area contributed by atoms with Gasteiger partial charge in [-0.15, -0.1) is 0 Å². The molecule has 0 heterocycles. The van der Waals surface area contributed by atoms with Crippen molar-refractivity contribution in [1.82, 2.24) is 0 Å². The average Bonchev–Trinajstić information content (AvgIpc) is 2.15. The zero-order valence-corrected chi connectivity index (χ0v) is 9.38. The van der Waals surface area contributed by atoms with Gasteiger partial charge in [0.25, 0.3) is 0 Å². The van der Waals surface area contributed by atoms with Crippen LogP contribution < -0.4 is 0 Å². The summed E-state index contributed by atoms with van der Waals surface area (Å²) in [7, 11) is 1.52. The van der Waals surface area contributed by atoms with Crippen LogP contribution in [0.5, 0.6) is 0 Å². The molecule has 14 heavy (non-hydrogen) atoms. The Labute approximate surface area is 89.5 Å². The maximum atomic E-state index is 6.06. The van der Waals surface area contributed by atoms with E-state index in [1.807, 2.05) is 18.2 Å². The third-order valence-corrected chi connectivity index (χ3v) is 2.33. The van der Waals surface area contributed by atoms with Gasteiger partial charge < -0.3 is 4.84 Å². The molecule has 0 N–H and O–H groups in total. The van der Waals surface area contributed by atoms with Crippen LogP contribution in [0.3, 0.4) is 0 Å². The third-order valence-electron chi connectivity index (χ3n) is 2.00. The maximum absolute atomic E-state index is 6.06. The van der Waals surface area contributed by atoms with E-state index in [0.717, 1.165) is 5.56 Å². The second-order valence-electron chi connectivity index (χ2n) is 3.31. The normalized spacial score (nSPS) is 11.2. The van der Waals surface area contributed by atoms with Gasteiger partial charge in [-0.3, -0.25) is 0 Å². The number of hydrogen-bond acceptors (Lipinski definition) is 2. The molecule has 0 saturated heterocycles. The van der Waals surface area contributed by atoms with E-state index in [0.29, 0.717) is 10.9 Å². The summed E-state index contributed by atoms with van der Waals surface area (Å²) in [6.07, 6.45) is 1.65. The molecule has 0 aliphatic rings. The molecule has 1 rings (SSSR count). The first-order valence-corrected chi connectivity index (χ1v) is 4.89. The van der Waals surface area contributed by atoms with Crippen LogP contribution in [-0.2, 0) is 4.84 Å². The van der Waals surface area contributed by atoms with Crippen LogP contribution in [0.4, 0.5) is 0 Å². The van der Waals surface area contributed by atoms with Crippen molar-refractivity contribution in [3.63, 3.8) is 0 Å². The van der Waals surface area contributed by atoms with Crippen molar-refractivity contribution in [2.45, 2.75) is 19.8 Å². The molecule has 2 nitrogen and oxygen atoms in total. The van der Waals surface area contributed by atoms with Crippen LogP contribution in [-0.4, -0.2) is 13.3 Å². The predicted molar refractivity (Wildman–Crippen MR) is 60.1 cm³/mol. The first-order valence-electron chi connectivity index (χ1n) is 4.51. The summed E-state index contributed by atoms with van der Waals surface area (Å²) in [6.45, 7) is 4.24. The summed E-state index contributed by atoms with van der Waals surface area (Å²) >= 11 is 6.06. The topological polar surface area (TPSA) is 21.6 Å². The Morgan fingerprint density at radius 1 is 1.43 bits per heavy atom. The molecule has 0 atom stereocenters. The summed E-state index contributed by atoms with van der Waals surface area (Å²) in [5.41, 5.74) is 2.12. The van der Waals surface area contributed by atoms with E-state index in [1.165, 1.54) is 12.7 Å². The first kappa shape index (κ1) is 11.1. The molecular formula is C11H14ClNO. The third kappa shape index (κ3) is 2.48. The smallest absolute Gasteiger partial charge is 0.106 e. The molecule has 0 unspecified atom stereocenters. The minimum absolute atomic E-state index is 0.423. The Balaban J connectivity index is 3.15. The Kier molecular flexibility index (Phi) is 3.96. The van der Waals surface area contributed by atoms with Gasteiger partial charge in [-0.25, -0.2) is 0 Å². The molecule has 0 radical (unpaired) electrons. The van der Waals surface area contributed by atoms with Gasteiger partial charge in [0.05, 0.1) is 6.21 Å². The monoisotopic (exact) mass is 211 g/mol. The second kappa shape index (κ2) is 5.01. The van der Waals surface area contributed by atoms with E-state index in [1.54, 1.807) is 6.21 Å². The highest BCUT2D eigenvalue weighted by Crippen LogP contribution is 2.24. The summed E-state index contributed by atoms with van der Waals surface area (Å²) < 4.78 is 0. The van der Waals surface area contributed by atoms with Crippen LogP contribution in [0.25, 0.3) is 0 Å². The lowest BCUT2D eigenvalue weighted by Gasteiger charge is -2.10. The molecule has 1 aromatic rings. The van der Waals surface area contributed by atoms with Gasteiger partial charge in [-0.05, 0) is 17.5 Å². The fraction of sp³-hybridized carbons (Fsp3) is 0.364. The molecule has 0 aromatic heterocycles. The quantitative estimate of drug-likeness (QED) is 0.555. The molecule has 0 bridgehead atoms. The SMILES string of the molecule is CON=Cc1c(Cl)cccc1C(C)C. The number of halogens is 1. The van der Waals surface area contributed by atoms with Crippen molar-refractivity contribution >= 4 is 17.8 Å². The fourth-order valence-electron chi connectivity index (χ4n) is 1.30. The largest absolute Gasteiger partial charge is 0.399 e. The van der Waals surface area contributed by atoms with Crippen LogP contribution >= 0.6 is 11.6 Å². The van der Waals surface area contributed by atoms with Crippen molar-refractivity contribution in [3.8, 4) is 0 Å². The molecule has 76 valence electrons. The Morgan fingerprint density at radius 2 is 2.14 bits per heavy atom. The van der Waals surface area contributed by atoms with Gasteiger partial charge in [0.1, 0.15) is 7.11 Å². The van der Waals surface area contributed by atoms with Gasteiger partial charge >= 0.3 is 0 Å². The fourth-order valence-corrected chi connectivity index (χ4v) is 1.53. The number of hydrogen-bond donors (Lipinski definition) is 0. The highest BCUT2D eigenvalue weighted by Gasteiger charge is 2.07. The minimum Gasteiger partial charge on any atom is -0.399 e. The van der Waals surface area contributed by atoms with Gasteiger partial charge in [0.2, 0.25) is 0 Å². The van der Waals surface area contributed by atoms with Crippen molar-refractivity contribution in [1.29, 1.82) is 0 Å². The number of oxime groups is 1. The van der Waals surface area contributed by atoms with Crippen molar-refractivity contribution in [2.24, 2.45) is 5.16 Å². The standard InChI is InChI=1S/C11H14ClNO/c1-8(2)9-5-4-6-11(12)10(9)7-13-14-3/h4-8H,1-3H3. The van der Waals surface area contributed by atoms with Crippen molar-refractivity contribution in [3.05, 3.63) is 34.3 Å². The van der Waals surface area contributed by atoms with Crippen LogP contribution in [0.15, 0.2) is 23.4 Å². The molecular weight excluding hydrogens is 198 g/mol. The lowest BCUT2D eigenvalue weighted by Crippen LogP contribution is -1.96. The molecule has 0 saturated carbocycles. The molecule has 3 heteroatoms. The van der Waals surface area contributed by atoms with Gasteiger partial charge in [0, 0.05) is 10.6 Å². The highest BCUT2D eigenvalue weighted by molar-refractivity contribution is 6.33. The van der Waals surface area contributed by atoms with Crippen molar-refractivity contribution < 1.29 is 4.84 Å². The zero-order chi connectivity index (χ0) is 10.6. The lowest BCUT2D eigenvalue weighted by atomic mass is 9.98. The molecule has 0 aliphatic heterocycles. The number of rotatable bonds is 3. The highest BCUT2D eigenvalue weighted by atomic mass is 35.5. The second-order valence-corrected chi connectivity index (χ2v) is 3.72. The van der Waals surface area contributed by atoms with Crippen LogP contribution in [0.2, 0.25) is 5.02 Å². The molecule has 0 spiro atoms. The maximum Gasteiger partial charge on any atom is 0.106 e. The predicted octanol–water partition coefficient (Wildman–Crippen LogP) is 3.44. The van der Waals surface area contributed by atoms with Crippen molar-refractivity contribution in [2.75, 3.05) is 7.11 Å². The first-order chi connectivity index (χ1) is 6.66. The Morgan fingerprint density at radius 3 is 2.71 bits per heavy atom. The van der Waals surface area contributed by atoms with Gasteiger partial charge in [0.15, 0.2) is 0 Å². The Bertz CT molecular complexity index is 334. The Hall–Kier alpha value is -1.02. The summed E-state index contributed by atoms with van der Waals surface area (Å²) in [5.74, 6) is 0.423. The van der Waals surface area contributed by atoms with Crippen LogP contribution in [0.1, 0.15) is 30.9 Å². The minimum atomic E-state index is 0.423. The summed E-state index contributed by atoms with van der Waals surface area (Å²) in [6, 6.07) is 5.85. The van der Waals surface area contributed by atoms with Gasteiger partial charge in [-0.1, -0.05) is 42.7 Å². The molecule has 0 aliphatic carbocycles. The van der Waals surface area contributed by atoms with E-state index >= 15 is 0 Å². The molecule has 0 amide bonds. The molecule has 1 aromatic carbocycles. The van der Waals surface area contributed by atoms with Gasteiger partial charge in [-0.2, -0.15) is 0 Å². The van der Waals surface area contributed by atoms with Crippen LogP contribution in [0, 0.1) is 0 Å². The molecule has 0 fully saturated rings. The van der Waals surface area contributed by atoms with E-state index in [-0.39, 0.29) is 0 Å². The summed E-state index contributed by atoms with van der Waals surface area (Å²) in [5, 5.41) is 4.44. The van der Waals surface area contributed by atoms with E-state index < -0.39 is 0 Å². The average molecular weight is 212 g/mol. The van der Waals surface area contributed by atoms with E-state index in [2.05, 4.69) is 23.8 Å². The number of nitrogens with zero attached hydrogens (tertiary/aromatic N) is 1. The summed E-state index contributed by atoms with van der Waals surface area (Å²) in [4.78, 5) is 4.65. The number of benzene rings is 1.